The van der Waals surface area contributed by atoms with Gasteiger partial charge in [-0.1, -0.05) is 47.1 Å². The Balaban J connectivity index is 2.42. The molecule has 0 aliphatic rings. The minimum Gasteiger partial charge on any atom is -0.478 e. The lowest BCUT2D eigenvalue weighted by molar-refractivity contribution is 0.0692. The Bertz CT molecular complexity index is 604. The third kappa shape index (κ3) is 2.96. The van der Waals surface area contributed by atoms with E-state index in [2.05, 4.69) is 4.98 Å². The lowest BCUT2D eigenvalue weighted by atomic mass is 10.3. The molecule has 0 bridgehead atoms. The van der Waals surface area contributed by atoms with Gasteiger partial charge in [0.25, 0.3) is 0 Å². The average Bonchev–Trinajstić information content (AvgIpc) is 2.32. The molecule has 6 heteroatoms. The van der Waals surface area contributed by atoms with Crippen LogP contribution in [0.1, 0.15) is 10.4 Å². The summed E-state index contributed by atoms with van der Waals surface area (Å²) in [7, 11) is 0. The molecular weight excluding hydrogens is 293 g/mol. The molecular formula is C12H7Cl2NO2S. The van der Waals surface area contributed by atoms with Gasteiger partial charge in [0.05, 0.1) is 10.6 Å². The number of aromatic nitrogens is 1. The zero-order chi connectivity index (χ0) is 13.1. The summed E-state index contributed by atoms with van der Waals surface area (Å²) in [5.41, 5.74) is 0.101. The molecule has 0 radical (unpaired) electrons. The normalized spacial score (nSPS) is 10.3. The molecule has 2 rings (SSSR count). The first kappa shape index (κ1) is 13.2. The van der Waals surface area contributed by atoms with Crippen molar-refractivity contribution in [2.75, 3.05) is 0 Å². The van der Waals surface area contributed by atoms with Crippen molar-refractivity contribution >= 4 is 40.9 Å². The van der Waals surface area contributed by atoms with Gasteiger partial charge in [0.15, 0.2) is 0 Å². The highest BCUT2D eigenvalue weighted by Crippen LogP contribution is 2.34. The minimum atomic E-state index is -1.05. The number of carbonyl (C=O) groups is 1. The summed E-state index contributed by atoms with van der Waals surface area (Å²) in [6.07, 6.45) is 0. The Morgan fingerprint density at radius 1 is 1.17 bits per heavy atom. The summed E-state index contributed by atoms with van der Waals surface area (Å²) in [6, 6.07) is 10.0. The summed E-state index contributed by atoms with van der Waals surface area (Å²) in [4.78, 5) is 15.8. The lowest BCUT2D eigenvalue weighted by Gasteiger charge is -2.06. The fraction of sp³-hybridized carbons (Fsp3) is 0. The van der Waals surface area contributed by atoms with Crippen molar-refractivity contribution < 1.29 is 9.90 Å². The van der Waals surface area contributed by atoms with Crippen molar-refractivity contribution in [3.63, 3.8) is 0 Å². The second-order valence-electron chi connectivity index (χ2n) is 3.32. The number of pyridine rings is 1. The number of rotatable bonds is 3. The third-order valence-electron chi connectivity index (χ3n) is 2.10. The number of hydrogen-bond acceptors (Lipinski definition) is 3. The van der Waals surface area contributed by atoms with E-state index in [9.17, 15) is 4.79 Å². The van der Waals surface area contributed by atoms with Gasteiger partial charge < -0.3 is 5.11 Å². The van der Waals surface area contributed by atoms with E-state index in [1.807, 2.05) is 6.07 Å². The molecule has 1 heterocycles. The standard InChI is InChI=1S/C12H7Cl2NO2S/c13-8-3-1-2-4-9(8)18-11-7(12(16)17)5-6-10(14)15-11/h1-6H,(H,16,17). The molecule has 0 atom stereocenters. The van der Waals surface area contributed by atoms with Crippen LogP contribution in [0.3, 0.4) is 0 Å². The van der Waals surface area contributed by atoms with Gasteiger partial charge in [-0.2, -0.15) is 0 Å². The molecule has 0 aliphatic heterocycles. The molecule has 18 heavy (non-hydrogen) atoms. The van der Waals surface area contributed by atoms with Crippen LogP contribution in [0.25, 0.3) is 0 Å². The molecule has 0 unspecified atom stereocenters. The summed E-state index contributed by atoms with van der Waals surface area (Å²) >= 11 is 13.0. The van der Waals surface area contributed by atoms with Crippen molar-refractivity contribution in [2.45, 2.75) is 9.92 Å². The quantitative estimate of drug-likeness (QED) is 0.861. The van der Waals surface area contributed by atoms with Gasteiger partial charge in [-0.05, 0) is 24.3 Å². The maximum atomic E-state index is 11.1. The second kappa shape index (κ2) is 5.61. The second-order valence-corrected chi connectivity index (χ2v) is 5.15. The molecule has 0 spiro atoms. The first-order valence-electron chi connectivity index (χ1n) is 4.90. The van der Waals surface area contributed by atoms with Crippen LogP contribution in [-0.4, -0.2) is 16.1 Å². The van der Waals surface area contributed by atoms with Crippen LogP contribution in [0.2, 0.25) is 10.2 Å². The van der Waals surface area contributed by atoms with Gasteiger partial charge in [0, 0.05) is 4.90 Å². The molecule has 0 aliphatic carbocycles. The highest BCUT2D eigenvalue weighted by molar-refractivity contribution is 7.99. The SMILES string of the molecule is O=C(O)c1ccc(Cl)nc1Sc1ccccc1Cl. The summed E-state index contributed by atoms with van der Waals surface area (Å²) < 4.78 is 0. The van der Waals surface area contributed by atoms with E-state index in [0.717, 1.165) is 4.90 Å². The number of nitrogens with zero attached hydrogens (tertiary/aromatic N) is 1. The Hall–Kier alpha value is -1.23. The van der Waals surface area contributed by atoms with Crippen molar-refractivity contribution in [2.24, 2.45) is 0 Å². The van der Waals surface area contributed by atoms with Gasteiger partial charge >= 0.3 is 5.97 Å². The molecule has 92 valence electrons. The highest BCUT2D eigenvalue weighted by atomic mass is 35.5. The van der Waals surface area contributed by atoms with Crippen LogP contribution in [0.15, 0.2) is 46.3 Å². The first-order valence-corrected chi connectivity index (χ1v) is 6.47. The van der Waals surface area contributed by atoms with E-state index in [1.54, 1.807) is 18.2 Å². The maximum Gasteiger partial charge on any atom is 0.338 e. The third-order valence-corrected chi connectivity index (χ3v) is 3.83. The topological polar surface area (TPSA) is 50.2 Å². The number of carboxylic acids is 1. The zero-order valence-electron chi connectivity index (χ0n) is 8.93. The van der Waals surface area contributed by atoms with Gasteiger partial charge in [-0.25, -0.2) is 9.78 Å². The van der Waals surface area contributed by atoms with E-state index in [-0.39, 0.29) is 10.7 Å². The van der Waals surface area contributed by atoms with Crippen molar-refractivity contribution in [1.29, 1.82) is 0 Å². The molecule has 1 N–H and O–H groups in total. The predicted molar refractivity (Wildman–Crippen MR) is 71.8 cm³/mol. The molecule has 0 saturated heterocycles. The Morgan fingerprint density at radius 2 is 1.89 bits per heavy atom. The van der Waals surface area contributed by atoms with Crippen molar-refractivity contribution in [1.82, 2.24) is 4.98 Å². The van der Waals surface area contributed by atoms with Gasteiger partial charge in [0.2, 0.25) is 0 Å². The predicted octanol–water partition coefficient (Wildman–Crippen LogP) is 4.24. The number of halogens is 2. The molecule has 2 aromatic rings. The molecule has 3 nitrogen and oxygen atoms in total. The molecule has 0 amide bonds. The molecule has 0 saturated carbocycles. The Labute approximate surface area is 118 Å². The summed E-state index contributed by atoms with van der Waals surface area (Å²) in [6.45, 7) is 0. The number of carboxylic acid groups (broad SMARTS) is 1. The first-order chi connectivity index (χ1) is 8.58. The fourth-order valence-corrected chi connectivity index (χ4v) is 2.67. The van der Waals surface area contributed by atoms with Crippen molar-refractivity contribution in [3.05, 3.63) is 52.1 Å². The largest absolute Gasteiger partial charge is 0.478 e. The minimum absolute atomic E-state index is 0.101. The van der Waals surface area contributed by atoms with Crippen molar-refractivity contribution in [3.8, 4) is 0 Å². The Morgan fingerprint density at radius 3 is 2.56 bits per heavy atom. The van der Waals surface area contributed by atoms with Crippen LogP contribution in [0.5, 0.6) is 0 Å². The van der Waals surface area contributed by atoms with E-state index in [1.165, 1.54) is 23.9 Å². The van der Waals surface area contributed by atoms with Crippen LogP contribution < -0.4 is 0 Å². The summed E-state index contributed by atoms with van der Waals surface area (Å²) in [5, 5.41) is 10.2. The average molecular weight is 300 g/mol. The van der Waals surface area contributed by atoms with Gasteiger partial charge in [-0.3, -0.25) is 0 Å². The van der Waals surface area contributed by atoms with Crippen LogP contribution in [0.4, 0.5) is 0 Å². The van der Waals surface area contributed by atoms with Gasteiger partial charge in [0.1, 0.15) is 10.2 Å². The number of aromatic carboxylic acids is 1. The number of hydrogen-bond donors (Lipinski definition) is 1. The number of benzene rings is 1. The van der Waals surface area contributed by atoms with Crippen LogP contribution >= 0.6 is 35.0 Å². The fourth-order valence-electron chi connectivity index (χ4n) is 1.29. The van der Waals surface area contributed by atoms with Crippen LogP contribution in [-0.2, 0) is 0 Å². The molecule has 0 fully saturated rings. The maximum absolute atomic E-state index is 11.1. The monoisotopic (exact) mass is 299 g/mol. The van der Waals surface area contributed by atoms with E-state index < -0.39 is 5.97 Å². The lowest BCUT2D eigenvalue weighted by Crippen LogP contribution is -2.00. The van der Waals surface area contributed by atoms with Crippen LogP contribution in [0, 0.1) is 0 Å². The smallest absolute Gasteiger partial charge is 0.338 e. The zero-order valence-corrected chi connectivity index (χ0v) is 11.3. The van der Waals surface area contributed by atoms with E-state index >= 15 is 0 Å². The molecule has 1 aromatic heterocycles. The van der Waals surface area contributed by atoms with E-state index in [4.69, 9.17) is 28.3 Å². The van der Waals surface area contributed by atoms with E-state index in [0.29, 0.717) is 10.0 Å². The molecule has 1 aromatic carbocycles. The van der Waals surface area contributed by atoms with Gasteiger partial charge in [-0.15, -0.1) is 0 Å². The summed E-state index contributed by atoms with van der Waals surface area (Å²) in [5.74, 6) is -1.05. The Kier molecular flexibility index (Phi) is 4.11. The highest BCUT2D eigenvalue weighted by Gasteiger charge is 2.14.